The number of nitrogens with one attached hydrogen (secondary N) is 1. The molecule has 1 aromatic carbocycles. The van der Waals surface area contributed by atoms with Crippen LogP contribution in [0.5, 0.6) is 0 Å². The smallest absolute Gasteiger partial charge is 0.272 e. The number of carbonyl (C=O) groups excluding carboxylic acids is 1. The van der Waals surface area contributed by atoms with Crippen molar-refractivity contribution < 1.29 is 4.79 Å². The van der Waals surface area contributed by atoms with Crippen molar-refractivity contribution in [2.24, 2.45) is 17.3 Å². The van der Waals surface area contributed by atoms with Crippen LogP contribution in [0.4, 0.5) is 0 Å². The van der Waals surface area contributed by atoms with Gasteiger partial charge in [-0.1, -0.05) is 0 Å². The van der Waals surface area contributed by atoms with Gasteiger partial charge in [-0.2, -0.15) is 10.2 Å². The highest BCUT2D eigenvalue weighted by Gasteiger charge is 2.38. The highest BCUT2D eigenvalue weighted by atomic mass is 16.1. The normalized spacial score (nSPS) is 14.3. The SMILES string of the molecule is C#CCCC1(CCNC(=O)c2ccc3nc(C)c(=O)n(C)c3c2)N=N1. The van der Waals surface area contributed by atoms with E-state index < -0.39 is 5.66 Å². The number of aryl methyl sites for hydroxylation is 2. The second-order valence-corrected chi connectivity index (χ2v) is 6.16. The first-order chi connectivity index (χ1) is 12.0. The monoisotopic (exact) mass is 337 g/mol. The first-order valence-electron chi connectivity index (χ1n) is 8.09. The molecule has 7 heteroatoms. The molecule has 128 valence electrons. The van der Waals surface area contributed by atoms with Crippen LogP contribution in [0.2, 0.25) is 0 Å². The number of carbonyl (C=O) groups is 1. The van der Waals surface area contributed by atoms with Crippen molar-refractivity contribution in [2.45, 2.75) is 31.8 Å². The molecule has 25 heavy (non-hydrogen) atoms. The van der Waals surface area contributed by atoms with Gasteiger partial charge in [-0.25, -0.2) is 4.98 Å². The van der Waals surface area contributed by atoms with Gasteiger partial charge in [0.1, 0.15) is 5.69 Å². The van der Waals surface area contributed by atoms with Crippen molar-refractivity contribution in [3.05, 3.63) is 39.8 Å². The first kappa shape index (κ1) is 16.8. The zero-order chi connectivity index (χ0) is 18.0. The molecule has 0 radical (unpaired) electrons. The number of nitrogens with zero attached hydrogens (tertiary/aromatic N) is 4. The van der Waals surface area contributed by atoms with Crippen LogP contribution < -0.4 is 10.9 Å². The third kappa shape index (κ3) is 3.43. The fourth-order valence-electron chi connectivity index (χ4n) is 2.75. The molecule has 1 aliphatic heterocycles. The highest BCUT2D eigenvalue weighted by Crippen LogP contribution is 2.36. The molecule has 2 heterocycles. The summed E-state index contributed by atoms with van der Waals surface area (Å²) in [6.07, 6.45) is 7.22. The molecule has 1 N–H and O–H groups in total. The largest absolute Gasteiger partial charge is 0.352 e. The van der Waals surface area contributed by atoms with E-state index in [1.54, 1.807) is 32.2 Å². The Kier molecular flexibility index (Phi) is 4.36. The molecule has 7 nitrogen and oxygen atoms in total. The van der Waals surface area contributed by atoms with Gasteiger partial charge in [-0.15, -0.1) is 12.3 Å². The van der Waals surface area contributed by atoms with E-state index in [1.165, 1.54) is 4.57 Å². The molecule has 0 aliphatic carbocycles. The predicted octanol–water partition coefficient (Wildman–Crippen LogP) is 1.94. The molecule has 0 saturated carbocycles. The summed E-state index contributed by atoms with van der Waals surface area (Å²) in [6, 6.07) is 5.13. The second-order valence-electron chi connectivity index (χ2n) is 6.16. The highest BCUT2D eigenvalue weighted by molar-refractivity contribution is 5.97. The van der Waals surface area contributed by atoms with Crippen molar-refractivity contribution >= 4 is 16.9 Å². The number of benzene rings is 1. The molecular formula is C18H19N5O2. The van der Waals surface area contributed by atoms with E-state index in [4.69, 9.17) is 6.42 Å². The third-order valence-electron chi connectivity index (χ3n) is 4.36. The maximum atomic E-state index is 12.4. The minimum atomic E-state index is -0.408. The van der Waals surface area contributed by atoms with E-state index in [9.17, 15) is 9.59 Å². The van der Waals surface area contributed by atoms with E-state index in [1.807, 2.05) is 0 Å². The van der Waals surface area contributed by atoms with E-state index in [0.29, 0.717) is 48.1 Å². The number of hydrogen-bond donors (Lipinski definition) is 1. The van der Waals surface area contributed by atoms with E-state index in [0.717, 1.165) is 0 Å². The van der Waals surface area contributed by atoms with Gasteiger partial charge in [0.2, 0.25) is 0 Å². The van der Waals surface area contributed by atoms with Crippen LogP contribution in [-0.2, 0) is 7.05 Å². The van der Waals surface area contributed by atoms with Crippen LogP contribution in [0.15, 0.2) is 33.2 Å². The Labute approximate surface area is 145 Å². The Balaban J connectivity index is 1.68. The average molecular weight is 337 g/mol. The summed E-state index contributed by atoms with van der Waals surface area (Å²) in [7, 11) is 1.67. The molecule has 0 atom stereocenters. The fourth-order valence-corrected chi connectivity index (χ4v) is 2.75. The number of rotatable bonds is 6. The quantitative estimate of drug-likeness (QED) is 0.817. The van der Waals surface area contributed by atoms with Gasteiger partial charge < -0.3 is 9.88 Å². The Morgan fingerprint density at radius 1 is 1.36 bits per heavy atom. The number of amides is 1. The fraction of sp³-hybridized carbons (Fsp3) is 0.389. The van der Waals surface area contributed by atoms with Crippen molar-refractivity contribution in [2.75, 3.05) is 6.54 Å². The number of hydrogen-bond acceptors (Lipinski definition) is 5. The lowest BCUT2D eigenvalue weighted by Crippen LogP contribution is -2.28. The summed E-state index contributed by atoms with van der Waals surface area (Å²) in [5, 5.41) is 10.9. The summed E-state index contributed by atoms with van der Waals surface area (Å²) in [4.78, 5) is 28.6. The van der Waals surface area contributed by atoms with Gasteiger partial charge in [0.25, 0.3) is 11.5 Å². The summed E-state index contributed by atoms with van der Waals surface area (Å²) in [5.41, 5.74) is 1.64. The second kappa shape index (κ2) is 6.48. The third-order valence-corrected chi connectivity index (χ3v) is 4.36. The Hall–Kier alpha value is -3.01. The summed E-state index contributed by atoms with van der Waals surface area (Å²) >= 11 is 0. The molecule has 1 aliphatic rings. The Bertz CT molecular complexity index is 962. The van der Waals surface area contributed by atoms with Crippen LogP contribution in [0.3, 0.4) is 0 Å². The van der Waals surface area contributed by atoms with Crippen LogP contribution in [0.25, 0.3) is 11.0 Å². The summed E-state index contributed by atoms with van der Waals surface area (Å²) in [6.45, 7) is 2.13. The zero-order valence-corrected chi connectivity index (χ0v) is 14.2. The van der Waals surface area contributed by atoms with E-state index in [-0.39, 0.29) is 11.5 Å². The van der Waals surface area contributed by atoms with Gasteiger partial charge in [-0.3, -0.25) is 9.59 Å². The molecule has 1 amide bonds. The lowest BCUT2D eigenvalue weighted by atomic mass is 10.0. The zero-order valence-electron chi connectivity index (χ0n) is 14.2. The molecule has 0 spiro atoms. The Morgan fingerprint density at radius 2 is 2.12 bits per heavy atom. The van der Waals surface area contributed by atoms with Gasteiger partial charge in [0.05, 0.1) is 11.0 Å². The Morgan fingerprint density at radius 3 is 2.80 bits per heavy atom. The van der Waals surface area contributed by atoms with Crippen LogP contribution in [0, 0.1) is 19.3 Å². The van der Waals surface area contributed by atoms with Gasteiger partial charge >= 0.3 is 0 Å². The van der Waals surface area contributed by atoms with Gasteiger partial charge in [0.15, 0.2) is 5.66 Å². The molecule has 0 fully saturated rings. The van der Waals surface area contributed by atoms with Crippen molar-refractivity contribution in [1.82, 2.24) is 14.9 Å². The lowest BCUT2D eigenvalue weighted by molar-refractivity contribution is 0.0952. The van der Waals surface area contributed by atoms with Gasteiger partial charge in [0, 0.05) is 38.4 Å². The number of aromatic nitrogens is 2. The van der Waals surface area contributed by atoms with Crippen LogP contribution in [-0.4, -0.2) is 27.7 Å². The summed E-state index contributed by atoms with van der Waals surface area (Å²) in [5.74, 6) is 2.37. The molecule has 0 unspecified atom stereocenters. The lowest BCUT2D eigenvalue weighted by Gasteiger charge is -2.11. The summed E-state index contributed by atoms with van der Waals surface area (Å²) < 4.78 is 1.51. The molecule has 0 saturated heterocycles. The molecule has 1 aromatic heterocycles. The maximum Gasteiger partial charge on any atom is 0.272 e. The average Bonchev–Trinajstić information content (AvgIpc) is 3.38. The van der Waals surface area contributed by atoms with E-state index >= 15 is 0 Å². The van der Waals surface area contributed by atoms with Gasteiger partial charge in [-0.05, 0) is 25.1 Å². The molecule has 2 aromatic rings. The first-order valence-corrected chi connectivity index (χ1v) is 8.09. The van der Waals surface area contributed by atoms with Crippen LogP contribution >= 0.6 is 0 Å². The van der Waals surface area contributed by atoms with Crippen molar-refractivity contribution in [3.63, 3.8) is 0 Å². The minimum absolute atomic E-state index is 0.169. The molecule has 0 bridgehead atoms. The van der Waals surface area contributed by atoms with Crippen LogP contribution in [0.1, 0.15) is 35.3 Å². The molecular weight excluding hydrogens is 318 g/mol. The predicted molar refractivity (Wildman–Crippen MR) is 94.3 cm³/mol. The van der Waals surface area contributed by atoms with Crippen molar-refractivity contribution in [1.29, 1.82) is 0 Å². The minimum Gasteiger partial charge on any atom is -0.352 e. The number of terminal acetylenes is 1. The topological polar surface area (TPSA) is 88.7 Å². The van der Waals surface area contributed by atoms with Crippen molar-refractivity contribution in [3.8, 4) is 12.3 Å². The standard InChI is InChI=1S/C18H19N5O2/c1-4-5-8-18(21-22-18)9-10-19-16(24)13-6-7-14-15(11-13)23(3)17(25)12(2)20-14/h1,6-7,11H,5,8-10H2,2-3H3,(H,19,24). The van der Waals surface area contributed by atoms with E-state index in [2.05, 4.69) is 26.4 Å². The molecule has 3 rings (SSSR count). The maximum absolute atomic E-state index is 12.4. The number of fused-ring (bicyclic) bond motifs is 1.